The van der Waals surface area contributed by atoms with Crippen molar-refractivity contribution >= 4 is 39.5 Å². The van der Waals surface area contributed by atoms with Crippen molar-refractivity contribution in [2.24, 2.45) is 0 Å². The topological polar surface area (TPSA) is 21.1 Å². The van der Waals surface area contributed by atoms with Gasteiger partial charge < -0.3 is 9.47 Å². The van der Waals surface area contributed by atoms with E-state index in [1.807, 2.05) is 36.7 Å². The molecule has 0 atom stereocenters. The Morgan fingerprint density at radius 2 is 1.68 bits per heavy atom. The molecule has 0 bridgehead atoms. The molecule has 0 saturated heterocycles. The first kappa shape index (κ1) is 35.9. The quantitative estimate of drug-likeness (QED) is 0.124. The van der Waals surface area contributed by atoms with Gasteiger partial charge in [-0.3, -0.25) is 4.98 Å². The van der Waals surface area contributed by atoms with Crippen molar-refractivity contribution < 1.29 is 0 Å². The minimum absolute atomic E-state index is 0.863. The fourth-order valence-electron chi connectivity index (χ4n) is 7.50. The minimum atomic E-state index is 0.863. The van der Waals surface area contributed by atoms with Gasteiger partial charge in [0, 0.05) is 57.7 Å². The number of benzene rings is 3. The van der Waals surface area contributed by atoms with Crippen molar-refractivity contribution in [1.82, 2.24) is 9.55 Å². The summed E-state index contributed by atoms with van der Waals surface area (Å²) in [6.45, 7) is 10.6. The van der Waals surface area contributed by atoms with Gasteiger partial charge in [-0.05, 0) is 120 Å². The largest absolute Gasteiger partial charge is 0.310 e. The van der Waals surface area contributed by atoms with Crippen molar-refractivity contribution in [3.05, 3.63) is 235 Å². The van der Waals surface area contributed by atoms with Gasteiger partial charge in [0.05, 0.1) is 11.2 Å². The number of fused-ring (bicyclic) bond motifs is 1. The van der Waals surface area contributed by atoms with E-state index in [2.05, 4.69) is 192 Å². The summed E-state index contributed by atoms with van der Waals surface area (Å²) < 4.78 is 2.31. The molecule has 2 aliphatic rings. The van der Waals surface area contributed by atoms with Gasteiger partial charge in [0.15, 0.2) is 0 Å². The predicted molar refractivity (Wildman–Crippen MR) is 238 cm³/mol. The third-order valence-electron chi connectivity index (χ3n) is 10.4. The number of para-hydroxylation sites is 1. The first-order valence-corrected chi connectivity index (χ1v) is 19.1. The molecule has 4 aromatic carbocycles. The van der Waals surface area contributed by atoms with Gasteiger partial charge >= 0.3 is 0 Å². The number of aryl methyl sites for hydroxylation is 1. The average molecular weight is 722 g/mol. The van der Waals surface area contributed by atoms with Gasteiger partial charge in [-0.25, -0.2) is 0 Å². The molecule has 56 heavy (non-hydrogen) atoms. The number of hydrogen-bond acceptors (Lipinski definition) is 2. The number of hydrogen-bond donors (Lipinski definition) is 0. The SMILES string of the molecule is C=C/C=C\c1c(C)c2ccccc2n1-c1ccc(-c2cncc(C(=C)/C=C\C(=C3\C=CC=CC3)c3ccc(N(C4=CCCC=C4)c4cc#ccc4)cc3)c2)cc1. The van der Waals surface area contributed by atoms with Crippen LogP contribution in [0.2, 0.25) is 0 Å². The summed E-state index contributed by atoms with van der Waals surface area (Å²) in [6.07, 6.45) is 32.4. The van der Waals surface area contributed by atoms with Gasteiger partial charge in [0.1, 0.15) is 0 Å². The van der Waals surface area contributed by atoms with Crippen molar-refractivity contribution in [3.8, 4) is 16.8 Å². The Hall–Kier alpha value is -7.15. The average Bonchev–Trinajstić information content (AvgIpc) is 3.55. The van der Waals surface area contributed by atoms with Gasteiger partial charge in [-0.15, -0.1) is 0 Å². The highest BCUT2D eigenvalue weighted by atomic mass is 15.1. The van der Waals surface area contributed by atoms with Crippen LogP contribution < -0.4 is 4.90 Å². The number of nitrogens with zero attached hydrogens (tertiary/aromatic N) is 3. The lowest BCUT2D eigenvalue weighted by Gasteiger charge is -2.27. The van der Waals surface area contributed by atoms with Crippen LogP contribution in [-0.4, -0.2) is 9.55 Å². The Labute approximate surface area is 331 Å². The predicted octanol–water partition coefficient (Wildman–Crippen LogP) is 13.7. The van der Waals surface area contributed by atoms with Gasteiger partial charge in [0.25, 0.3) is 0 Å². The second-order valence-corrected chi connectivity index (χ2v) is 13.9. The van der Waals surface area contributed by atoms with Crippen LogP contribution in [0.25, 0.3) is 44.9 Å². The summed E-state index contributed by atoms with van der Waals surface area (Å²) in [5.41, 5.74) is 15.6. The monoisotopic (exact) mass is 721 g/mol. The van der Waals surface area contributed by atoms with Gasteiger partial charge in [0.2, 0.25) is 0 Å². The van der Waals surface area contributed by atoms with E-state index >= 15 is 0 Å². The maximum absolute atomic E-state index is 4.65. The minimum Gasteiger partial charge on any atom is -0.310 e. The Morgan fingerprint density at radius 1 is 0.821 bits per heavy atom. The van der Waals surface area contributed by atoms with Crippen LogP contribution in [0.1, 0.15) is 41.6 Å². The first-order valence-electron chi connectivity index (χ1n) is 19.1. The number of pyridine rings is 1. The molecule has 0 saturated carbocycles. The van der Waals surface area contributed by atoms with Crippen molar-refractivity contribution in [2.45, 2.75) is 26.2 Å². The third-order valence-corrected chi connectivity index (χ3v) is 10.4. The molecule has 3 nitrogen and oxygen atoms in total. The summed E-state index contributed by atoms with van der Waals surface area (Å²) in [5, 5.41) is 1.24. The van der Waals surface area contributed by atoms with Crippen LogP contribution in [0.5, 0.6) is 0 Å². The Kier molecular flexibility index (Phi) is 10.5. The molecule has 0 N–H and O–H groups in total. The molecule has 6 aromatic rings. The lowest BCUT2D eigenvalue weighted by molar-refractivity contribution is 0.997. The van der Waals surface area contributed by atoms with Crippen molar-refractivity contribution in [1.29, 1.82) is 0 Å². The summed E-state index contributed by atoms with van der Waals surface area (Å²) in [6, 6.07) is 40.4. The van der Waals surface area contributed by atoms with E-state index in [0.29, 0.717) is 0 Å². The number of allylic oxidation sites excluding steroid dienone is 14. The zero-order valence-corrected chi connectivity index (χ0v) is 31.7. The molecule has 8 rings (SSSR count). The molecule has 2 aliphatic carbocycles. The highest BCUT2D eigenvalue weighted by Gasteiger charge is 2.16. The van der Waals surface area contributed by atoms with Gasteiger partial charge in [-0.2, -0.15) is 0 Å². The van der Waals surface area contributed by atoms with E-state index in [-0.39, 0.29) is 0 Å². The molecular formula is C53H43N3. The van der Waals surface area contributed by atoms with E-state index in [1.54, 1.807) is 0 Å². The summed E-state index contributed by atoms with van der Waals surface area (Å²) in [7, 11) is 0. The smallest absolute Gasteiger partial charge is 0.0551 e. The molecule has 0 radical (unpaired) electrons. The van der Waals surface area contributed by atoms with Crippen LogP contribution in [0, 0.1) is 19.1 Å². The molecular weight excluding hydrogens is 679 g/mol. The standard InChI is InChI=1S/C53H43N3/c1-4-5-24-52-40(3)50-23-15-16-25-53(50)56(52)49-31-27-41(28-32-49)45-36-44(37-54-38-45)39(2)26-35-51(42-17-9-6-10-18-42)43-29-33-48(34-30-43)55(46-19-11-7-12-20-46)47-21-13-8-14-22-47/h4-6,9-11,13,15-17,19-38H,1-2,7,12,18H2,3H3/b24-5-,35-26-,51-42+. The summed E-state index contributed by atoms with van der Waals surface area (Å²) in [4.78, 5) is 6.94. The molecule has 3 heteroatoms. The Morgan fingerprint density at radius 3 is 2.43 bits per heavy atom. The van der Waals surface area contributed by atoms with E-state index in [0.717, 1.165) is 69.8 Å². The molecule has 0 amide bonds. The molecule has 0 spiro atoms. The third kappa shape index (κ3) is 7.47. The molecule has 2 heterocycles. The zero-order chi connectivity index (χ0) is 38.3. The molecule has 0 unspecified atom stereocenters. The maximum Gasteiger partial charge on any atom is 0.0551 e. The molecule has 0 aliphatic heterocycles. The lowest BCUT2D eigenvalue weighted by atomic mass is 9.93. The molecule has 2 aromatic heterocycles. The highest BCUT2D eigenvalue weighted by molar-refractivity contribution is 5.90. The van der Waals surface area contributed by atoms with Crippen molar-refractivity contribution in [2.75, 3.05) is 4.90 Å². The van der Waals surface area contributed by atoms with Crippen LogP contribution in [0.3, 0.4) is 0 Å². The second kappa shape index (κ2) is 16.5. The fourth-order valence-corrected chi connectivity index (χ4v) is 7.50. The molecule has 0 fully saturated rings. The van der Waals surface area contributed by atoms with E-state index in [9.17, 15) is 0 Å². The van der Waals surface area contributed by atoms with E-state index in [1.165, 1.54) is 33.3 Å². The lowest BCUT2D eigenvalue weighted by Crippen LogP contribution is -2.16. The molecule has 270 valence electrons. The number of aromatic nitrogens is 2. The fraction of sp³-hybridized carbons (Fsp3) is 0.0755. The van der Waals surface area contributed by atoms with Crippen LogP contribution >= 0.6 is 0 Å². The van der Waals surface area contributed by atoms with Crippen molar-refractivity contribution in [3.63, 3.8) is 0 Å². The van der Waals surface area contributed by atoms with Gasteiger partial charge in [-0.1, -0.05) is 129 Å². The van der Waals surface area contributed by atoms with Crippen LogP contribution in [-0.2, 0) is 0 Å². The normalized spacial score (nSPS) is 14.6. The second-order valence-electron chi connectivity index (χ2n) is 13.9. The summed E-state index contributed by atoms with van der Waals surface area (Å²) >= 11 is 0. The Bertz CT molecular complexity index is 2620. The Balaban J connectivity index is 1.06. The maximum atomic E-state index is 4.65. The summed E-state index contributed by atoms with van der Waals surface area (Å²) in [5.74, 6) is 0. The van der Waals surface area contributed by atoms with Crippen LogP contribution in [0.4, 0.5) is 11.4 Å². The van der Waals surface area contributed by atoms with E-state index in [4.69, 9.17) is 0 Å². The zero-order valence-electron chi connectivity index (χ0n) is 31.7. The number of rotatable bonds is 11. The highest BCUT2D eigenvalue weighted by Crippen LogP contribution is 2.35. The number of anilines is 2. The first-order chi connectivity index (χ1) is 27.6. The van der Waals surface area contributed by atoms with Crippen LogP contribution in [0.15, 0.2) is 201 Å². The van der Waals surface area contributed by atoms with E-state index < -0.39 is 0 Å².